The molecule has 0 unspecified atom stereocenters. The van der Waals surface area contributed by atoms with E-state index in [-0.39, 0.29) is 5.78 Å². The van der Waals surface area contributed by atoms with Crippen LogP contribution < -0.4 is 0 Å². The van der Waals surface area contributed by atoms with Crippen molar-refractivity contribution >= 4 is 5.78 Å². The van der Waals surface area contributed by atoms with Gasteiger partial charge in [-0.3, -0.25) is 4.79 Å². The first-order chi connectivity index (χ1) is 5.66. The third-order valence-corrected chi connectivity index (χ3v) is 1.27. The van der Waals surface area contributed by atoms with Crippen LogP contribution in [0.5, 0.6) is 0 Å². The van der Waals surface area contributed by atoms with E-state index >= 15 is 0 Å². The first-order valence-electron chi connectivity index (χ1n) is 4.18. The van der Waals surface area contributed by atoms with Crippen molar-refractivity contribution in [2.45, 2.75) is 13.3 Å². The fraction of sp³-hybridized carbons (Fsp3) is 0.500. The highest BCUT2D eigenvalue weighted by Gasteiger charge is 1.87. The monoisotopic (exact) mass is 167 g/mol. The van der Waals surface area contributed by atoms with E-state index in [0.717, 1.165) is 13.0 Å². The van der Waals surface area contributed by atoms with Crippen LogP contribution in [-0.4, -0.2) is 31.3 Å². The van der Waals surface area contributed by atoms with Crippen molar-refractivity contribution in [2.75, 3.05) is 20.6 Å². The highest BCUT2D eigenvalue weighted by atomic mass is 16.1. The number of ketones is 1. The number of rotatable bonds is 5. The topological polar surface area (TPSA) is 20.3 Å². The smallest absolute Gasteiger partial charge is 0.178 e. The van der Waals surface area contributed by atoms with Crippen LogP contribution in [0, 0.1) is 0 Å². The van der Waals surface area contributed by atoms with Gasteiger partial charge in [-0.15, -0.1) is 0 Å². The second kappa shape index (κ2) is 6.80. The van der Waals surface area contributed by atoms with E-state index in [4.69, 9.17) is 0 Å². The molecule has 0 radical (unpaired) electrons. The molecule has 0 saturated carbocycles. The fourth-order valence-corrected chi connectivity index (χ4v) is 0.669. The zero-order chi connectivity index (χ0) is 9.40. The standard InChI is InChI=1S/C10H17NO/c1-4-5-7-10(12)8-6-9-11(2)3/h5-8H,4,9H2,1-3H3/b7-5?,8-6-. The lowest BCUT2D eigenvalue weighted by Gasteiger charge is -2.02. The quantitative estimate of drug-likeness (QED) is 0.580. The Labute approximate surface area is 74.6 Å². The second-order valence-electron chi connectivity index (χ2n) is 2.88. The van der Waals surface area contributed by atoms with E-state index in [2.05, 4.69) is 0 Å². The Morgan fingerprint density at radius 2 is 1.83 bits per heavy atom. The zero-order valence-corrected chi connectivity index (χ0v) is 8.08. The Bertz CT molecular complexity index is 180. The van der Waals surface area contributed by atoms with Crippen molar-refractivity contribution in [1.29, 1.82) is 0 Å². The lowest BCUT2D eigenvalue weighted by Crippen LogP contribution is -2.10. The van der Waals surface area contributed by atoms with Gasteiger partial charge in [0.2, 0.25) is 0 Å². The Kier molecular flexibility index (Phi) is 6.29. The zero-order valence-electron chi connectivity index (χ0n) is 8.08. The van der Waals surface area contributed by atoms with E-state index < -0.39 is 0 Å². The van der Waals surface area contributed by atoms with Gasteiger partial charge in [-0.1, -0.05) is 19.1 Å². The van der Waals surface area contributed by atoms with Crippen molar-refractivity contribution in [3.05, 3.63) is 24.3 Å². The third-order valence-electron chi connectivity index (χ3n) is 1.27. The number of allylic oxidation sites excluding steroid dienone is 3. The highest BCUT2D eigenvalue weighted by molar-refractivity contribution is 5.99. The molecule has 0 aliphatic carbocycles. The molecule has 0 amide bonds. The molecule has 0 aromatic rings. The molecule has 0 aliphatic rings. The van der Waals surface area contributed by atoms with Crippen molar-refractivity contribution in [3.63, 3.8) is 0 Å². The number of likely N-dealkylation sites (N-methyl/N-ethyl adjacent to an activating group) is 1. The molecule has 0 heterocycles. The van der Waals surface area contributed by atoms with Gasteiger partial charge in [0.1, 0.15) is 0 Å². The van der Waals surface area contributed by atoms with Crippen molar-refractivity contribution < 1.29 is 4.79 Å². The first-order valence-corrected chi connectivity index (χ1v) is 4.18. The van der Waals surface area contributed by atoms with Crippen molar-refractivity contribution in [2.24, 2.45) is 0 Å². The van der Waals surface area contributed by atoms with Gasteiger partial charge in [0.25, 0.3) is 0 Å². The number of hydrogen-bond acceptors (Lipinski definition) is 2. The van der Waals surface area contributed by atoms with Gasteiger partial charge in [0.05, 0.1) is 0 Å². The predicted molar refractivity (Wildman–Crippen MR) is 52.1 cm³/mol. The van der Waals surface area contributed by atoms with Gasteiger partial charge in [-0.25, -0.2) is 0 Å². The SMILES string of the molecule is CCC=CC(=O)/C=C\CN(C)C. The molecule has 2 nitrogen and oxygen atoms in total. The largest absolute Gasteiger partial charge is 0.306 e. The summed E-state index contributed by atoms with van der Waals surface area (Å²) in [5.41, 5.74) is 0. The number of nitrogens with zero attached hydrogens (tertiary/aromatic N) is 1. The summed E-state index contributed by atoms with van der Waals surface area (Å²) in [4.78, 5) is 13.0. The summed E-state index contributed by atoms with van der Waals surface area (Å²) in [5, 5.41) is 0. The van der Waals surface area contributed by atoms with E-state index in [9.17, 15) is 4.79 Å². The fourth-order valence-electron chi connectivity index (χ4n) is 0.669. The lowest BCUT2D eigenvalue weighted by molar-refractivity contribution is -0.110. The summed E-state index contributed by atoms with van der Waals surface area (Å²) in [5.74, 6) is 0.0682. The minimum atomic E-state index is 0.0682. The maximum Gasteiger partial charge on any atom is 0.178 e. The Morgan fingerprint density at radius 1 is 1.25 bits per heavy atom. The van der Waals surface area contributed by atoms with Crippen molar-refractivity contribution in [1.82, 2.24) is 4.90 Å². The molecule has 2 heteroatoms. The van der Waals surface area contributed by atoms with Gasteiger partial charge >= 0.3 is 0 Å². The average Bonchev–Trinajstić information content (AvgIpc) is 2.00. The Morgan fingerprint density at radius 3 is 2.33 bits per heavy atom. The maximum atomic E-state index is 11.0. The van der Waals surface area contributed by atoms with Gasteiger partial charge in [0.15, 0.2) is 5.78 Å². The number of carbonyl (C=O) groups excluding carboxylic acids is 1. The summed E-state index contributed by atoms with van der Waals surface area (Å²) < 4.78 is 0. The highest BCUT2D eigenvalue weighted by Crippen LogP contribution is 1.85. The average molecular weight is 167 g/mol. The first kappa shape index (κ1) is 11.1. The van der Waals surface area contributed by atoms with Crippen LogP contribution in [-0.2, 0) is 4.79 Å². The molecule has 0 bridgehead atoms. The molecule has 0 N–H and O–H groups in total. The molecule has 0 saturated heterocycles. The molecule has 0 rings (SSSR count). The molecule has 0 fully saturated rings. The van der Waals surface area contributed by atoms with Crippen LogP contribution in [0.4, 0.5) is 0 Å². The molecule has 0 aromatic carbocycles. The molecule has 0 spiro atoms. The normalized spacial score (nSPS) is 12.0. The molecule has 0 aromatic heterocycles. The van der Waals surface area contributed by atoms with Gasteiger partial charge in [-0.05, 0) is 32.7 Å². The molecule has 68 valence electrons. The second-order valence-corrected chi connectivity index (χ2v) is 2.88. The maximum absolute atomic E-state index is 11.0. The van der Waals surface area contributed by atoms with Crippen LogP contribution in [0.2, 0.25) is 0 Å². The Hall–Kier alpha value is -0.890. The summed E-state index contributed by atoms with van der Waals surface area (Å²) in [6, 6.07) is 0. The van der Waals surface area contributed by atoms with Crippen LogP contribution >= 0.6 is 0 Å². The Balaban J connectivity index is 3.68. The van der Waals surface area contributed by atoms with Crippen LogP contribution in [0.25, 0.3) is 0 Å². The van der Waals surface area contributed by atoms with Gasteiger partial charge in [-0.2, -0.15) is 0 Å². The van der Waals surface area contributed by atoms with Gasteiger partial charge < -0.3 is 4.90 Å². The summed E-state index contributed by atoms with van der Waals surface area (Å²) in [7, 11) is 3.94. The van der Waals surface area contributed by atoms with E-state index in [0.29, 0.717) is 0 Å². The molecule has 12 heavy (non-hydrogen) atoms. The van der Waals surface area contributed by atoms with Crippen LogP contribution in [0.1, 0.15) is 13.3 Å². The number of hydrogen-bond donors (Lipinski definition) is 0. The van der Waals surface area contributed by atoms with E-state index in [1.54, 1.807) is 12.2 Å². The van der Waals surface area contributed by atoms with Gasteiger partial charge in [0, 0.05) is 6.54 Å². The van der Waals surface area contributed by atoms with E-state index in [1.165, 1.54) is 0 Å². The van der Waals surface area contributed by atoms with Crippen molar-refractivity contribution in [3.8, 4) is 0 Å². The number of carbonyl (C=O) groups is 1. The van der Waals surface area contributed by atoms with Crippen LogP contribution in [0.15, 0.2) is 24.3 Å². The lowest BCUT2D eigenvalue weighted by atomic mass is 10.3. The minimum absolute atomic E-state index is 0.0682. The summed E-state index contributed by atoms with van der Waals surface area (Å²) >= 11 is 0. The third kappa shape index (κ3) is 7.22. The van der Waals surface area contributed by atoms with E-state index in [1.807, 2.05) is 38.1 Å². The van der Waals surface area contributed by atoms with Crippen LogP contribution in [0.3, 0.4) is 0 Å². The molecule has 0 atom stereocenters. The molecular weight excluding hydrogens is 150 g/mol. The molecule has 0 aliphatic heterocycles. The summed E-state index contributed by atoms with van der Waals surface area (Å²) in [6.45, 7) is 2.82. The summed E-state index contributed by atoms with van der Waals surface area (Å²) in [6.07, 6.45) is 7.84. The molecular formula is C10H17NO. The minimum Gasteiger partial charge on any atom is -0.306 e. The predicted octanol–water partition coefficient (Wildman–Crippen LogP) is 1.64.